The molecule has 2 aliphatic rings. The molecule has 39 heavy (non-hydrogen) atoms. The number of aromatic nitrogens is 2. The van der Waals surface area contributed by atoms with Gasteiger partial charge in [-0.05, 0) is 61.9 Å². The van der Waals surface area contributed by atoms with E-state index in [1.165, 1.54) is 12.3 Å². The van der Waals surface area contributed by atoms with Crippen LogP contribution in [-0.4, -0.2) is 79.3 Å². The first kappa shape index (κ1) is 26.6. The molecule has 3 aromatic rings. The van der Waals surface area contributed by atoms with Crippen LogP contribution in [0, 0.1) is 0 Å². The predicted octanol–water partition coefficient (Wildman–Crippen LogP) is 3.12. The fourth-order valence-electron chi connectivity index (χ4n) is 4.99. The lowest BCUT2D eigenvalue weighted by Crippen LogP contribution is -2.44. The molecule has 10 heteroatoms. The molecule has 0 bridgehead atoms. The number of carbonyl (C=O) groups is 2. The van der Waals surface area contributed by atoms with E-state index in [1.807, 2.05) is 30.5 Å². The quantitative estimate of drug-likeness (QED) is 0.443. The SMILES string of the molecule is C=CC(=O)N(c1cc(C(=O)NCc2ccno2)cc(-c2ccc(N3CCN(C)CC3)nc2)c1)C1CCOCC1. The number of likely N-dealkylation sites (N-methyl/N-ethyl adjacent to an activating group) is 1. The van der Waals surface area contributed by atoms with Gasteiger partial charge in [0.25, 0.3) is 11.8 Å². The van der Waals surface area contributed by atoms with Crippen molar-refractivity contribution in [3.05, 3.63) is 72.8 Å². The summed E-state index contributed by atoms with van der Waals surface area (Å²) in [6.45, 7) is 8.93. The van der Waals surface area contributed by atoms with Crippen molar-refractivity contribution < 1.29 is 18.8 Å². The van der Waals surface area contributed by atoms with Crippen molar-refractivity contribution in [2.24, 2.45) is 0 Å². The number of hydrogen-bond acceptors (Lipinski definition) is 8. The monoisotopic (exact) mass is 530 g/mol. The van der Waals surface area contributed by atoms with E-state index in [-0.39, 0.29) is 24.4 Å². The zero-order chi connectivity index (χ0) is 27.2. The van der Waals surface area contributed by atoms with Crippen molar-refractivity contribution in [2.45, 2.75) is 25.4 Å². The Balaban J connectivity index is 1.48. The van der Waals surface area contributed by atoms with Crippen LogP contribution in [0.25, 0.3) is 11.1 Å². The molecule has 2 amide bonds. The van der Waals surface area contributed by atoms with Crippen LogP contribution in [0.15, 0.2) is 66.0 Å². The number of pyridine rings is 1. The second-order valence-corrected chi connectivity index (χ2v) is 9.88. The number of rotatable bonds is 8. The number of piperazine rings is 1. The number of amides is 2. The average molecular weight is 531 g/mol. The molecule has 0 spiro atoms. The molecule has 204 valence electrons. The van der Waals surface area contributed by atoms with Crippen LogP contribution in [0.1, 0.15) is 29.0 Å². The Morgan fingerprint density at radius 3 is 2.56 bits per heavy atom. The van der Waals surface area contributed by atoms with Crippen LogP contribution >= 0.6 is 0 Å². The molecule has 5 rings (SSSR count). The Bertz CT molecular complexity index is 1280. The minimum Gasteiger partial charge on any atom is -0.381 e. The molecule has 2 saturated heterocycles. The lowest BCUT2D eigenvalue weighted by Gasteiger charge is -2.34. The van der Waals surface area contributed by atoms with Crippen molar-refractivity contribution in [3.63, 3.8) is 0 Å². The van der Waals surface area contributed by atoms with Crippen molar-refractivity contribution in [3.8, 4) is 11.1 Å². The summed E-state index contributed by atoms with van der Waals surface area (Å²) in [7, 11) is 2.13. The van der Waals surface area contributed by atoms with E-state index in [1.54, 1.807) is 17.0 Å². The van der Waals surface area contributed by atoms with Gasteiger partial charge in [0.2, 0.25) is 0 Å². The summed E-state index contributed by atoms with van der Waals surface area (Å²) in [5.41, 5.74) is 2.72. The van der Waals surface area contributed by atoms with E-state index in [0.29, 0.717) is 43.1 Å². The van der Waals surface area contributed by atoms with Crippen LogP contribution < -0.4 is 15.1 Å². The number of nitrogens with one attached hydrogen (secondary N) is 1. The first-order valence-corrected chi connectivity index (χ1v) is 13.3. The molecule has 1 N–H and O–H groups in total. The van der Waals surface area contributed by atoms with Crippen molar-refractivity contribution in [1.82, 2.24) is 20.4 Å². The predicted molar refractivity (Wildman–Crippen MR) is 149 cm³/mol. The smallest absolute Gasteiger partial charge is 0.251 e. The first-order valence-electron chi connectivity index (χ1n) is 13.3. The van der Waals surface area contributed by atoms with Gasteiger partial charge in [-0.15, -0.1) is 0 Å². The van der Waals surface area contributed by atoms with Gasteiger partial charge in [-0.25, -0.2) is 4.98 Å². The summed E-state index contributed by atoms with van der Waals surface area (Å²) < 4.78 is 10.6. The molecule has 2 aromatic heterocycles. The number of nitrogens with zero attached hydrogens (tertiary/aromatic N) is 5. The number of benzene rings is 1. The van der Waals surface area contributed by atoms with Gasteiger partial charge < -0.3 is 29.3 Å². The van der Waals surface area contributed by atoms with E-state index >= 15 is 0 Å². The highest BCUT2D eigenvalue weighted by molar-refractivity contribution is 6.04. The highest BCUT2D eigenvalue weighted by Crippen LogP contribution is 2.31. The fraction of sp³-hybridized carbons (Fsp3) is 0.379. The minimum atomic E-state index is -0.283. The highest BCUT2D eigenvalue weighted by atomic mass is 16.5. The van der Waals surface area contributed by atoms with Gasteiger partial charge in [0.05, 0.1) is 12.7 Å². The maximum absolute atomic E-state index is 13.3. The largest absolute Gasteiger partial charge is 0.381 e. The van der Waals surface area contributed by atoms with Gasteiger partial charge in [-0.3, -0.25) is 9.59 Å². The van der Waals surface area contributed by atoms with Gasteiger partial charge in [-0.2, -0.15) is 0 Å². The molecule has 2 aliphatic heterocycles. The molecule has 0 unspecified atom stereocenters. The molecule has 1 aromatic carbocycles. The van der Waals surface area contributed by atoms with E-state index in [0.717, 1.165) is 43.1 Å². The Kier molecular flexibility index (Phi) is 8.33. The minimum absolute atomic E-state index is 0.0534. The Morgan fingerprint density at radius 1 is 1.10 bits per heavy atom. The number of ether oxygens (including phenoxy) is 1. The maximum atomic E-state index is 13.3. The number of anilines is 2. The normalized spacial score (nSPS) is 16.6. The second kappa shape index (κ2) is 12.2. The summed E-state index contributed by atoms with van der Waals surface area (Å²) in [5.74, 6) is 0.984. The van der Waals surface area contributed by atoms with E-state index in [4.69, 9.17) is 14.2 Å². The zero-order valence-corrected chi connectivity index (χ0v) is 22.2. The van der Waals surface area contributed by atoms with Crippen molar-refractivity contribution in [1.29, 1.82) is 0 Å². The summed E-state index contributed by atoms with van der Waals surface area (Å²) in [6.07, 6.45) is 6.09. The van der Waals surface area contributed by atoms with Crippen LogP contribution in [0.4, 0.5) is 11.5 Å². The van der Waals surface area contributed by atoms with Crippen LogP contribution in [0.2, 0.25) is 0 Å². The molecule has 2 fully saturated rings. The summed E-state index contributed by atoms with van der Waals surface area (Å²) in [5, 5.41) is 6.57. The topological polar surface area (TPSA) is 104 Å². The number of hydrogen-bond donors (Lipinski definition) is 1. The third-order valence-corrected chi connectivity index (χ3v) is 7.25. The van der Waals surface area contributed by atoms with Crippen molar-refractivity contribution in [2.75, 3.05) is 56.2 Å². The second-order valence-electron chi connectivity index (χ2n) is 9.88. The molecule has 0 saturated carbocycles. The molecule has 0 aliphatic carbocycles. The summed E-state index contributed by atoms with van der Waals surface area (Å²) in [6, 6.07) is 11.2. The van der Waals surface area contributed by atoms with Gasteiger partial charge in [0.15, 0.2) is 5.76 Å². The Hall–Kier alpha value is -4.02. The first-order chi connectivity index (χ1) is 19.0. The molecular formula is C29H34N6O4. The van der Waals surface area contributed by atoms with Crippen LogP contribution in [-0.2, 0) is 16.1 Å². The Labute approximate surface area is 228 Å². The third-order valence-electron chi connectivity index (χ3n) is 7.25. The van der Waals surface area contributed by atoms with E-state index < -0.39 is 0 Å². The zero-order valence-electron chi connectivity index (χ0n) is 22.2. The molecule has 0 atom stereocenters. The molecule has 4 heterocycles. The number of carbonyl (C=O) groups excluding carboxylic acids is 2. The van der Waals surface area contributed by atoms with Gasteiger partial charge in [0.1, 0.15) is 5.82 Å². The van der Waals surface area contributed by atoms with Crippen LogP contribution in [0.3, 0.4) is 0 Å². The molecular weight excluding hydrogens is 496 g/mol. The highest BCUT2D eigenvalue weighted by Gasteiger charge is 2.27. The lowest BCUT2D eigenvalue weighted by atomic mass is 10.00. The Morgan fingerprint density at radius 2 is 1.90 bits per heavy atom. The van der Waals surface area contributed by atoms with E-state index in [9.17, 15) is 9.59 Å². The van der Waals surface area contributed by atoms with Gasteiger partial charge in [-0.1, -0.05) is 11.7 Å². The molecule has 0 radical (unpaired) electrons. The van der Waals surface area contributed by atoms with Crippen molar-refractivity contribution >= 4 is 23.3 Å². The van der Waals surface area contributed by atoms with Gasteiger partial charge >= 0.3 is 0 Å². The average Bonchev–Trinajstić information content (AvgIpc) is 3.51. The maximum Gasteiger partial charge on any atom is 0.251 e. The van der Waals surface area contributed by atoms with Crippen LogP contribution in [0.5, 0.6) is 0 Å². The summed E-state index contributed by atoms with van der Waals surface area (Å²) >= 11 is 0. The third kappa shape index (κ3) is 6.35. The fourth-order valence-corrected chi connectivity index (χ4v) is 4.99. The standard InChI is InChI=1S/C29H34N6O4/c1-3-28(36)35(24-7-14-38-15-8-24)25-17-22(16-23(18-25)29(37)31-20-26-6-9-32-39-26)21-4-5-27(30-19-21)34-12-10-33(2)11-13-34/h3-6,9,16-19,24H,1,7-8,10-15,20H2,2H3,(H,31,37). The lowest BCUT2D eigenvalue weighted by molar-refractivity contribution is -0.115. The molecule has 10 nitrogen and oxygen atoms in total. The van der Waals surface area contributed by atoms with Gasteiger partial charge in [0, 0.05) is 74.5 Å². The summed E-state index contributed by atoms with van der Waals surface area (Å²) in [4.78, 5) is 37.4. The van der Waals surface area contributed by atoms with E-state index in [2.05, 4.69) is 33.9 Å².